The number of carbonyl (C=O) groups is 6. The summed E-state index contributed by atoms with van der Waals surface area (Å²) in [6.07, 6.45) is 12.4. The average molecular weight is 1510 g/mol. The van der Waals surface area contributed by atoms with Gasteiger partial charge in [-0.05, 0) is 196 Å². The minimum absolute atomic E-state index is 0.0540. The normalized spacial score (nSPS) is 13.3. The van der Waals surface area contributed by atoms with E-state index in [1.165, 1.54) is 48.8 Å². The van der Waals surface area contributed by atoms with E-state index in [-0.39, 0.29) is 53.5 Å². The molecule has 0 spiro atoms. The van der Waals surface area contributed by atoms with Gasteiger partial charge in [-0.2, -0.15) is 0 Å². The number of aryl methyl sites for hydroxylation is 3. The molecule has 6 aromatic carbocycles. The van der Waals surface area contributed by atoms with Crippen molar-refractivity contribution in [3.63, 3.8) is 0 Å². The highest BCUT2D eigenvalue weighted by Gasteiger charge is 2.26. The lowest BCUT2D eigenvalue weighted by Crippen LogP contribution is -2.35. The number of anilines is 3. The molecular formula is C80H76BrCl2F3N12O6. The largest absolute Gasteiger partial charge is 0.357 e. The molecule has 3 aromatic heterocycles. The van der Waals surface area contributed by atoms with Crippen molar-refractivity contribution in [2.24, 2.45) is 0 Å². The zero-order valence-electron chi connectivity index (χ0n) is 57.5. The van der Waals surface area contributed by atoms with Crippen LogP contribution >= 0.6 is 39.1 Å². The molecule has 3 fully saturated rings. The summed E-state index contributed by atoms with van der Waals surface area (Å²) in [6, 6.07) is 38.3. The third kappa shape index (κ3) is 20.2. The van der Waals surface area contributed by atoms with Crippen LogP contribution in [0.3, 0.4) is 0 Å². The number of carbonyl (C=O) groups excluding carboxylic acids is 6. The van der Waals surface area contributed by atoms with Crippen molar-refractivity contribution in [1.82, 2.24) is 29.7 Å². The van der Waals surface area contributed by atoms with E-state index in [9.17, 15) is 41.9 Å². The Morgan fingerprint density at radius 1 is 0.385 bits per heavy atom. The number of benzene rings is 6. The number of hydrogen-bond donors (Lipinski definition) is 6. The Morgan fingerprint density at radius 3 is 0.942 bits per heavy atom. The molecule has 9 aromatic rings. The van der Waals surface area contributed by atoms with Crippen molar-refractivity contribution in [3.8, 4) is 0 Å². The highest BCUT2D eigenvalue weighted by Crippen LogP contribution is 2.27. The molecule has 0 unspecified atom stereocenters. The van der Waals surface area contributed by atoms with Gasteiger partial charge < -0.3 is 30.7 Å². The zero-order valence-corrected chi connectivity index (χ0v) is 60.6. The van der Waals surface area contributed by atoms with Crippen LogP contribution in [0.25, 0.3) is 0 Å². The molecule has 3 aliphatic rings. The molecule has 24 heteroatoms. The summed E-state index contributed by atoms with van der Waals surface area (Å²) in [4.78, 5) is 95.9. The van der Waals surface area contributed by atoms with Crippen molar-refractivity contribution >= 4 is 109 Å². The predicted molar refractivity (Wildman–Crippen MR) is 403 cm³/mol. The SMILES string of the molecule is Cc1ccc(CC(=O)c2ccc(C(=N)N3CCCC3)cc2F)c(C(=O)Nc2ccc(Cl)cn2)c1.Cc1ccc(CC(=O)c2ccc(C(=N)N3CCCCC3)cc2F)c(C(=O)Nc2ccc(Br)cn2)c1.Cc1ccc(CC(=O)c2ccc(C(=N)N3CCCCC3)cc2F)c(C(=O)Nc2ccc(Cl)cn2)c1. The summed E-state index contributed by atoms with van der Waals surface area (Å²) < 4.78 is 45.5. The summed E-state index contributed by atoms with van der Waals surface area (Å²) in [5, 5.41) is 34.1. The van der Waals surface area contributed by atoms with Crippen LogP contribution in [0.2, 0.25) is 10.0 Å². The number of nitrogens with one attached hydrogen (secondary N) is 6. The number of amidine groups is 3. The number of likely N-dealkylation sites (tertiary alicyclic amines) is 3. The molecular weight excluding hydrogens is 1430 g/mol. The van der Waals surface area contributed by atoms with E-state index in [1.54, 1.807) is 109 Å². The lowest BCUT2D eigenvalue weighted by molar-refractivity contribution is 0.0976. The maximum Gasteiger partial charge on any atom is 0.257 e. The molecule has 6 N–H and O–H groups in total. The first-order valence-corrected chi connectivity index (χ1v) is 35.6. The molecule has 0 radical (unpaired) electrons. The first-order valence-electron chi connectivity index (χ1n) is 34.0. The standard InChI is InChI=1S/C27H26BrFN4O2.C27H26ClFN4O2.C26H24ClFN4O2/c2*1-17-5-6-18(22(13-17)27(35)32-25-10-8-20(28)16-31-25)15-24(34)21-9-7-19(14-23(21)29)26(30)33-11-3-2-4-12-33;1-16-4-5-17(21(12-16)26(34)31-24-9-7-19(27)15-30-24)14-23(33)20-8-6-18(13-22(20)28)25(29)32-10-2-3-11-32/h2*5-10,13-14,16,30H,2-4,11-12,15H2,1H3,(H,31,32,35);4-9,12-13,15,29H,2-3,10-11,14H2,1H3,(H,30,31,34). The van der Waals surface area contributed by atoms with Gasteiger partial charge in [-0.15, -0.1) is 0 Å². The Hall–Kier alpha value is -10.6. The first-order chi connectivity index (χ1) is 49.9. The maximum atomic E-state index is 14.9. The Morgan fingerprint density at radius 2 is 0.673 bits per heavy atom. The fourth-order valence-electron chi connectivity index (χ4n) is 12.3. The smallest absolute Gasteiger partial charge is 0.257 e. The van der Waals surface area contributed by atoms with E-state index < -0.39 is 52.5 Å². The van der Waals surface area contributed by atoms with E-state index >= 15 is 0 Å². The molecule has 12 rings (SSSR count). The third-order valence-electron chi connectivity index (χ3n) is 17.9. The molecule has 3 saturated heterocycles. The molecule has 3 amide bonds. The molecule has 6 heterocycles. The minimum atomic E-state index is -0.671. The number of nitrogens with zero attached hydrogens (tertiary/aromatic N) is 6. The van der Waals surface area contributed by atoms with Crippen LogP contribution in [-0.2, 0) is 19.3 Å². The quantitative estimate of drug-likeness (QED) is 0.0266. The van der Waals surface area contributed by atoms with Gasteiger partial charge in [-0.3, -0.25) is 45.0 Å². The van der Waals surface area contributed by atoms with E-state index in [0.717, 1.165) is 112 Å². The zero-order chi connectivity index (χ0) is 74.1. The van der Waals surface area contributed by atoms with Gasteiger partial charge in [-0.25, -0.2) is 28.1 Å². The van der Waals surface area contributed by atoms with Crippen LogP contribution < -0.4 is 16.0 Å². The molecule has 0 bridgehead atoms. The maximum absolute atomic E-state index is 14.9. The van der Waals surface area contributed by atoms with Gasteiger partial charge >= 0.3 is 0 Å². The number of aromatic nitrogens is 3. The number of ketones is 3. The molecule has 0 aliphatic carbocycles. The lowest BCUT2D eigenvalue weighted by Gasteiger charge is -2.29. The Balaban J connectivity index is 0.000000167. The molecule has 18 nitrogen and oxygen atoms in total. The second-order valence-electron chi connectivity index (χ2n) is 25.6. The Labute approximate surface area is 619 Å². The Bertz CT molecular complexity index is 4540. The van der Waals surface area contributed by atoms with Crippen LogP contribution in [0, 0.1) is 54.5 Å². The summed E-state index contributed by atoms with van der Waals surface area (Å²) in [6.45, 7) is 10.3. The fourth-order valence-corrected chi connectivity index (χ4v) is 12.7. The Kier molecular flexibility index (Phi) is 26.0. The number of amides is 3. The molecule has 104 heavy (non-hydrogen) atoms. The molecule has 3 aliphatic heterocycles. The second kappa shape index (κ2) is 35.6. The number of halogens is 6. The number of Topliss-reactive ketones (excluding diaryl/α,β-unsaturated/α-hetero) is 3. The van der Waals surface area contributed by atoms with Crippen molar-refractivity contribution in [1.29, 1.82) is 16.2 Å². The van der Waals surface area contributed by atoms with Gasteiger partial charge in [0.05, 0.1) is 26.7 Å². The van der Waals surface area contributed by atoms with Crippen molar-refractivity contribution in [2.45, 2.75) is 91.4 Å². The summed E-state index contributed by atoms with van der Waals surface area (Å²) in [5.41, 5.74) is 6.17. The molecule has 534 valence electrons. The fraction of sp³-hybridized carbons (Fsp3) is 0.250. The van der Waals surface area contributed by atoms with Gasteiger partial charge in [0.1, 0.15) is 52.4 Å². The van der Waals surface area contributed by atoms with Crippen LogP contribution in [0.5, 0.6) is 0 Å². The van der Waals surface area contributed by atoms with E-state index in [2.05, 4.69) is 46.8 Å². The summed E-state index contributed by atoms with van der Waals surface area (Å²) in [7, 11) is 0. The van der Waals surface area contributed by atoms with Crippen LogP contribution in [0.15, 0.2) is 169 Å². The summed E-state index contributed by atoms with van der Waals surface area (Å²) >= 11 is 15.0. The first kappa shape index (κ1) is 76.1. The third-order valence-corrected chi connectivity index (χ3v) is 18.8. The number of pyridine rings is 3. The van der Waals surface area contributed by atoms with E-state index in [0.29, 0.717) is 77.6 Å². The van der Waals surface area contributed by atoms with Crippen molar-refractivity contribution in [3.05, 3.63) is 280 Å². The average Bonchev–Trinajstić information content (AvgIpc) is 0.960. The van der Waals surface area contributed by atoms with Crippen LogP contribution in [0.1, 0.15) is 164 Å². The number of hydrogen-bond acceptors (Lipinski definition) is 12. The number of rotatable bonds is 18. The van der Waals surface area contributed by atoms with Gasteiger partial charge in [0.15, 0.2) is 17.3 Å². The predicted octanol–water partition coefficient (Wildman–Crippen LogP) is 16.7. The topological polar surface area (TPSA) is 258 Å². The second-order valence-corrected chi connectivity index (χ2v) is 27.4. The highest BCUT2D eigenvalue weighted by molar-refractivity contribution is 9.10. The summed E-state index contributed by atoms with van der Waals surface area (Å²) in [5.74, 6) is -2.69. The number of piperidine rings is 2. The molecule has 0 atom stereocenters. The van der Waals surface area contributed by atoms with E-state index in [1.807, 2.05) is 41.5 Å². The van der Waals surface area contributed by atoms with Gasteiger partial charge in [-0.1, -0.05) is 94.5 Å². The minimum Gasteiger partial charge on any atom is -0.357 e. The van der Waals surface area contributed by atoms with Crippen molar-refractivity contribution < 1.29 is 41.9 Å². The molecule has 0 saturated carbocycles. The van der Waals surface area contributed by atoms with Gasteiger partial charge in [0, 0.05) is 115 Å². The van der Waals surface area contributed by atoms with Gasteiger partial charge in [0.2, 0.25) is 0 Å². The van der Waals surface area contributed by atoms with Crippen LogP contribution in [-0.4, -0.2) is 121 Å². The highest BCUT2D eigenvalue weighted by atomic mass is 79.9. The van der Waals surface area contributed by atoms with Gasteiger partial charge in [0.25, 0.3) is 17.7 Å². The monoisotopic (exact) mass is 1510 g/mol. The van der Waals surface area contributed by atoms with Crippen molar-refractivity contribution in [2.75, 3.05) is 55.2 Å². The van der Waals surface area contributed by atoms with E-state index in [4.69, 9.17) is 39.4 Å². The lowest BCUT2D eigenvalue weighted by atomic mass is 9.95. The van der Waals surface area contributed by atoms with Crippen LogP contribution in [0.4, 0.5) is 30.6 Å².